The van der Waals surface area contributed by atoms with E-state index in [1.54, 1.807) is 0 Å². The highest BCUT2D eigenvalue weighted by Crippen LogP contribution is 2.09. The van der Waals surface area contributed by atoms with Crippen molar-refractivity contribution in [1.82, 2.24) is 5.32 Å². The number of hydrogen-bond donors (Lipinski definition) is 2. The molecule has 1 atom stereocenters. The first-order valence-electron chi connectivity index (χ1n) is 5.91. The molecule has 0 aromatic heterocycles. The molecule has 0 bridgehead atoms. The maximum absolute atomic E-state index is 12.9. The first kappa shape index (κ1) is 14.6. The molecule has 100 valence electrons. The van der Waals surface area contributed by atoms with E-state index < -0.39 is 17.7 Å². The number of carbonyl (C=O) groups is 1. The molecule has 0 aliphatic heterocycles. The molecular weight excluding hydrogens is 240 g/mol. The van der Waals surface area contributed by atoms with Crippen LogP contribution in [0.4, 0.5) is 8.78 Å². The van der Waals surface area contributed by atoms with E-state index in [9.17, 15) is 18.7 Å². The SMILES string of the molecule is CCCC(O)CNC(=O)Cc1ccc(F)c(F)c1. The molecule has 1 rings (SSSR count). The van der Waals surface area contributed by atoms with Crippen molar-refractivity contribution in [3.8, 4) is 0 Å². The summed E-state index contributed by atoms with van der Waals surface area (Å²) < 4.78 is 25.6. The van der Waals surface area contributed by atoms with Gasteiger partial charge in [-0.15, -0.1) is 0 Å². The van der Waals surface area contributed by atoms with Gasteiger partial charge >= 0.3 is 0 Å². The second-order valence-corrected chi connectivity index (χ2v) is 4.17. The molecule has 0 aliphatic carbocycles. The van der Waals surface area contributed by atoms with Crippen molar-refractivity contribution in [3.63, 3.8) is 0 Å². The number of hydrogen-bond acceptors (Lipinski definition) is 2. The van der Waals surface area contributed by atoms with Crippen LogP contribution in [-0.2, 0) is 11.2 Å². The third-order valence-electron chi connectivity index (χ3n) is 2.51. The van der Waals surface area contributed by atoms with E-state index in [0.717, 1.165) is 18.6 Å². The van der Waals surface area contributed by atoms with Gasteiger partial charge in [0.15, 0.2) is 11.6 Å². The summed E-state index contributed by atoms with van der Waals surface area (Å²) in [6.45, 7) is 2.11. The number of carbonyl (C=O) groups excluding carboxylic acids is 1. The normalized spacial score (nSPS) is 12.2. The summed E-state index contributed by atoms with van der Waals surface area (Å²) in [5.74, 6) is -2.22. The number of rotatable bonds is 6. The van der Waals surface area contributed by atoms with Crippen LogP contribution in [0.3, 0.4) is 0 Å². The fourth-order valence-electron chi connectivity index (χ4n) is 1.56. The molecule has 0 saturated heterocycles. The third kappa shape index (κ3) is 4.79. The lowest BCUT2D eigenvalue weighted by atomic mass is 10.1. The molecule has 18 heavy (non-hydrogen) atoms. The maximum atomic E-state index is 12.9. The molecule has 1 aromatic rings. The highest BCUT2D eigenvalue weighted by molar-refractivity contribution is 5.78. The Bertz CT molecular complexity index is 410. The van der Waals surface area contributed by atoms with E-state index in [0.29, 0.717) is 12.0 Å². The molecule has 1 amide bonds. The first-order valence-corrected chi connectivity index (χ1v) is 5.91. The summed E-state index contributed by atoms with van der Waals surface area (Å²) in [6, 6.07) is 3.35. The fourth-order valence-corrected chi connectivity index (χ4v) is 1.56. The summed E-state index contributed by atoms with van der Waals surface area (Å²) in [5, 5.41) is 12.0. The number of halogens is 2. The standard InChI is InChI=1S/C13H17F2NO2/c1-2-3-10(17)8-16-13(18)7-9-4-5-11(14)12(15)6-9/h4-6,10,17H,2-3,7-8H2,1H3,(H,16,18). The lowest BCUT2D eigenvalue weighted by Crippen LogP contribution is -2.33. The summed E-state index contributed by atoms with van der Waals surface area (Å²) in [7, 11) is 0. The zero-order valence-corrected chi connectivity index (χ0v) is 10.2. The summed E-state index contributed by atoms with van der Waals surface area (Å²) >= 11 is 0. The minimum absolute atomic E-state index is 0.0317. The largest absolute Gasteiger partial charge is 0.391 e. The first-order chi connectivity index (χ1) is 8.52. The quantitative estimate of drug-likeness (QED) is 0.816. The summed E-state index contributed by atoms with van der Waals surface area (Å²) in [4.78, 5) is 11.5. The topological polar surface area (TPSA) is 49.3 Å². The molecule has 0 saturated carbocycles. The van der Waals surface area contributed by atoms with Crippen LogP contribution < -0.4 is 5.32 Å². The Labute approximate surface area is 105 Å². The van der Waals surface area contributed by atoms with E-state index in [1.165, 1.54) is 6.07 Å². The van der Waals surface area contributed by atoms with Gasteiger partial charge in [-0.05, 0) is 24.1 Å². The van der Waals surface area contributed by atoms with Crippen molar-refractivity contribution in [3.05, 3.63) is 35.4 Å². The van der Waals surface area contributed by atoms with Crippen LogP contribution >= 0.6 is 0 Å². The summed E-state index contributed by atoms with van der Waals surface area (Å²) in [6.07, 6.45) is 0.853. The van der Waals surface area contributed by atoms with E-state index in [1.807, 2.05) is 6.92 Å². The fraction of sp³-hybridized carbons (Fsp3) is 0.462. The third-order valence-corrected chi connectivity index (χ3v) is 2.51. The second-order valence-electron chi connectivity index (χ2n) is 4.17. The number of amides is 1. The van der Waals surface area contributed by atoms with Gasteiger partial charge in [0, 0.05) is 6.54 Å². The van der Waals surface area contributed by atoms with E-state index in [4.69, 9.17) is 0 Å². The number of aliphatic hydroxyl groups is 1. The van der Waals surface area contributed by atoms with Crippen molar-refractivity contribution in [2.75, 3.05) is 6.54 Å². The average molecular weight is 257 g/mol. The highest BCUT2D eigenvalue weighted by Gasteiger charge is 2.09. The van der Waals surface area contributed by atoms with Gasteiger partial charge in [0.1, 0.15) is 0 Å². The molecule has 1 aromatic carbocycles. The Hall–Kier alpha value is -1.49. The molecule has 3 nitrogen and oxygen atoms in total. The van der Waals surface area contributed by atoms with Crippen LogP contribution in [0.2, 0.25) is 0 Å². The Morgan fingerprint density at radius 2 is 2.11 bits per heavy atom. The lowest BCUT2D eigenvalue weighted by molar-refractivity contribution is -0.120. The van der Waals surface area contributed by atoms with E-state index in [2.05, 4.69) is 5.32 Å². The molecule has 0 heterocycles. The predicted molar refractivity (Wildman–Crippen MR) is 64.0 cm³/mol. The zero-order chi connectivity index (χ0) is 13.5. The van der Waals surface area contributed by atoms with Crippen LogP contribution in [0.5, 0.6) is 0 Å². The summed E-state index contributed by atoms with van der Waals surface area (Å²) in [5.41, 5.74) is 0.399. The molecule has 0 fully saturated rings. The van der Waals surface area contributed by atoms with Gasteiger partial charge in [0.05, 0.1) is 12.5 Å². The Morgan fingerprint density at radius 3 is 2.72 bits per heavy atom. The van der Waals surface area contributed by atoms with Gasteiger partial charge in [-0.1, -0.05) is 19.4 Å². The average Bonchev–Trinajstić information content (AvgIpc) is 2.32. The zero-order valence-electron chi connectivity index (χ0n) is 10.2. The molecule has 2 N–H and O–H groups in total. The minimum atomic E-state index is -0.966. The maximum Gasteiger partial charge on any atom is 0.224 e. The van der Waals surface area contributed by atoms with Crippen LogP contribution in [0, 0.1) is 11.6 Å². The van der Waals surface area contributed by atoms with E-state index in [-0.39, 0.29) is 18.9 Å². The monoisotopic (exact) mass is 257 g/mol. The predicted octanol–water partition coefficient (Wildman–Crippen LogP) is 1.78. The van der Waals surface area contributed by atoms with Crippen LogP contribution in [0.15, 0.2) is 18.2 Å². The van der Waals surface area contributed by atoms with E-state index >= 15 is 0 Å². The molecule has 1 unspecified atom stereocenters. The van der Waals surface area contributed by atoms with Crippen molar-refractivity contribution < 1.29 is 18.7 Å². The van der Waals surface area contributed by atoms with Crippen molar-refractivity contribution >= 4 is 5.91 Å². The number of nitrogens with one attached hydrogen (secondary N) is 1. The molecular formula is C13H17F2NO2. The van der Waals surface area contributed by atoms with Gasteiger partial charge in [-0.25, -0.2) is 8.78 Å². The molecule has 0 spiro atoms. The number of benzene rings is 1. The van der Waals surface area contributed by atoms with Gasteiger partial charge < -0.3 is 10.4 Å². The van der Waals surface area contributed by atoms with Gasteiger partial charge in [0.2, 0.25) is 5.91 Å². The minimum Gasteiger partial charge on any atom is -0.391 e. The van der Waals surface area contributed by atoms with Crippen LogP contribution in [0.1, 0.15) is 25.3 Å². The van der Waals surface area contributed by atoms with Gasteiger partial charge in [-0.3, -0.25) is 4.79 Å². The highest BCUT2D eigenvalue weighted by atomic mass is 19.2. The molecule has 5 heteroatoms. The molecule has 0 radical (unpaired) electrons. The Morgan fingerprint density at radius 1 is 1.39 bits per heavy atom. The van der Waals surface area contributed by atoms with Crippen molar-refractivity contribution in [2.45, 2.75) is 32.3 Å². The van der Waals surface area contributed by atoms with Crippen LogP contribution in [0.25, 0.3) is 0 Å². The Balaban J connectivity index is 2.42. The van der Waals surface area contributed by atoms with Gasteiger partial charge in [-0.2, -0.15) is 0 Å². The Kier molecular flexibility index (Phi) is 5.71. The molecule has 0 aliphatic rings. The second kappa shape index (κ2) is 7.06. The van der Waals surface area contributed by atoms with Gasteiger partial charge in [0.25, 0.3) is 0 Å². The van der Waals surface area contributed by atoms with Crippen LogP contribution in [-0.4, -0.2) is 23.7 Å². The number of aliphatic hydroxyl groups excluding tert-OH is 1. The lowest BCUT2D eigenvalue weighted by Gasteiger charge is -2.10. The van der Waals surface area contributed by atoms with Crippen molar-refractivity contribution in [2.24, 2.45) is 0 Å². The smallest absolute Gasteiger partial charge is 0.224 e. The van der Waals surface area contributed by atoms with Crippen molar-refractivity contribution in [1.29, 1.82) is 0 Å².